The molecular formula is C21H23N5O3. The highest BCUT2D eigenvalue weighted by molar-refractivity contribution is 5.96. The van der Waals surface area contributed by atoms with Crippen LogP contribution in [0.15, 0.2) is 42.5 Å². The van der Waals surface area contributed by atoms with Crippen LogP contribution in [-0.2, 0) is 13.1 Å². The van der Waals surface area contributed by atoms with Gasteiger partial charge in [-0.05, 0) is 44.0 Å². The van der Waals surface area contributed by atoms with E-state index in [0.717, 1.165) is 36.2 Å². The van der Waals surface area contributed by atoms with Crippen molar-refractivity contribution in [2.75, 3.05) is 11.9 Å². The highest BCUT2D eigenvalue weighted by atomic mass is 16.6. The Hall–Kier alpha value is -3.42. The lowest BCUT2D eigenvalue weighted by Gasteiger charge is -2.20. The zero-order chi connectivity index (χ0) is 20.5. The van der Waals surface area contributed by atoms with Gasteiger partial charge in [0.2, 0.25) is 0 Å². The molecule has 1 aliphatic carbocycles. The molecule has 1 fully saturated rings. The van der Waals surface area contributed by atoms with Crippen molar-refractivity contribution in [1.82, 2.24) is 14.9 Å². The third kappa shape index (κ3) is 3.78. The van der Waals surface area contributed by atoms with E-state index in [4.69, 9.17) is 4.98 Å². The number of amides is 1. The molecule has 1 aliphatic rings. The molecule has 150 valence electrons. The minimum atomic E-state index is -0.442. The quantitative estimate of drug-likeness (QED) is 0.490. The number of para-hydroxylation sites is 2. The number of imidazole rings is 1. The second-order valence-corrected chi connectivity index (χ2v) is 7.33. The lowest BCUT2D eigenvalue weighted by Crippen LogP contribution is -2.26. The number of hydrogen-bond donors (Lipinski definition) is 1. The fourth-order valence-electron chi connectivity index (χ4n) is 3.53. The van der Waals surface area contributed by atoms with E-state index in [1.807, 2.05) is 31.2 Å². The summed E-state index contributed by atoms with van der Waals surface area (Å²) in [7, 11) is 1.80. The summed E-state index contributed by atoms with van der Waals surface area (Å²) >= 11 is 0. The van der Waals surface area contributed by atoms with Crippen molar-refractivity contribution in [3.8, 4) is 0 Å². The molecule has 4 rings (SSSR count). The number of rotatable bonds is 7. The first-order chi connectivity index (χ1) is 14.0. The molecule has 0 bridgehead atoms. The van der Waals surface area contributed by atoms with E-state index in [9.17, 15) is 14.9 Å². The van der Waals surface area contributed by atoms with E-state index in [0.29, 0.717) is 17.8 Å². The molecule has 3 aromatic rings. The Morgan fingerprint density at radius 1 is 1.31 bits per heavy atom. The van der Waals surface area contributed by atoms with Gasteiger partial charge >= 0.3 is 0 Å². The molecule has 0 unspecified atom stereocenters. The number of anilines is 1. The number of nitro benzene ring substituents is 1. The Labute approximate surface area is 168 Å². The second-order valence-electron chi connectivity index (χ2n) is 7.33. The molecule has 29 heavy (non-hydrogen) atoms. The number of aromatic nitrogens is 2. The van der Waals surface area contributed by atoms with Crippen LogP contribution >= 0.6 is 0 Å². The maximum atomic E-state index is 12.3. The Kier molecular flexibility index (Phi) is 4.92. The summed E-state index contributed by atoms with van der Waals surface area (Å²) in [5, 5.41) is 14.5. The van der Waals surface area contributed by atoms with E-state index in [1.54, 1.807) is 24.1 Å². The van der Waals surface area contributed by atoms with Crippen LogP contribution in [0.3, 0.4) is 0 Å². The van der Waals surface area contributed by atoms with Gasteiger partial charge < -0.3 is 14.8 Å². The van der Waals surface area contributed by atoms with Crippen molar-refractivity contribution in [2.45, 2.75) is 38.9 Å². The Bertz CT molecular complexity index is 1090. The molecule has 1 N–H and O–H groups in total. The number of carbonyl (C=O) groups is 1. The standard InChI is InChI=1S/C21H23N5O3/c1-3-25-17-7-5-4-6-16(17)23-20(25)13-24(2)18-11-8-14(12-19(18)26(28)29)21(27)22-15-9-10-15/h4-8,11-12,15H,3,9-10,13H2,1-2H3,(H,22,27). The van der Waals surface area contributed by atoms with E-state index < -0.39 is 4.92 Å². The molecule has 2 aromatic carbocycles. The number of benzene rings is 2. The van der Waals surface area contributed by atoms with Crippen LogP contribution in [0.1, 0.15) is 35.9 Å². The smallest absolute Gasteiger partial charge is 0.293 e. The van der Waals surface area contributed by atoms with Gasteiger partial charge in [-0.2, -0.15) is 0 Å². The van der Waals surface area contributed by atoms with Gasteiger partial charge in [-0.3, -0.25) is 14.9 Å². The van der Waals surface area contributed by atoms with Gasteiger partial charge in [0.15, 0.2) is 0 Å². The van der Waals surface area contributed by atoms with Crippen molar-refractivity contribution in [2.24, 2.45) is 0 Å². The van der Waals surface area contributed by atoms with E-state index >= 15 is 0 Å². The van der Waals surface area contributed by atoms with Crippen LogP contribution in [0.2, 0.25) is 0 Å². The SMILES string of the molecule is CCn1c(CN(C)c2ccc(C(=O)NC3CC3)cc2[N+](=O)[O-])nc2ccccc21. The Balaban J connectivity index is 1.63. The number of carbonyl (C=O) groups excluding carboxylic acids is 1. The maximum Gasteiger partial charge on any atom is 0.293 e. The minimum Gasteiger partial charge on any atom is -0.362 e. The van der Waals surface area contributed by atoms with E-state index in [-0.39, 0.29) is 17.6 Å². The van der Waals surface area contributed by atoms with Gasteiger partial charge in [0, 0.05) is 31.3 Å². The van der Waals surface area contributed by atoms with Gasteiger partial charge in [-0.1, -0.05) is 12.1 Å². The summed E-state index contributed by atoms with van der Waals surface area (Å²) in [6.07, 6.45) is 1.93. The number of nitrogens with one attached hydrogen (secondary N) is 1. The van der Waals surface area contributed by atoms with Gasteiger partial charge in [0.1, 0.15) is 11.5 Å². The van der Waals surface area contributed by atoms with E-state index in [2.05, 4.69) is 9.88 Å². The highest BCUT2D eigenvalue weighted by Crippen LogP contribution is 2.30. The first kappa shape index (κ1) is 18.9. The predicted octanol–water partition coefficient (Wildman–Crippen LogP) is 3.49. The Morgan fingerprint density at radius 2 is 2.07 bits per heavy atom. The van der Waals surface area contributed by atoms with Crippen LogP contribution in [0, 0.1) is 10.1 Å². The van der Waals surface area contributed by atoms with Crippen LogP contribution in [0.5, 0.6) is 0 Å². The number of nitrogens with zero attached hydrogens (tertiary/aromatic N) is 4. The predicted molar refractivity (Wildman–Crippen MR) is 111 cm³/mol. The van der Waals surface area contributed by atoms with Crippen LogP contribution < -0.4 is 10.2 Å². The zero-order valence-corrected chi connectivity index (χ0v) is 16.5. The number of aryl methyl sites for hydroxylation is 1. The normalized spacial score (nSPS) is 13.4. The topological polar surface area (TPSA) is 93.3 Å². The summed E-state index contributed by atoms with van der Waals surface area (Å²) in [4.78, 5) is 30.0. The summed E-state index contributed by atoms with van der Waals surface area (Å²) < 4.78 is 2.11. The molecule has 1 heterocycles. The fraction of sp³-hybridized carbons (Fsp3) is 0.333. The molecule has 0 aliphatic heterocycles. The largest absolute Gasteiger partial charge is 0.362 e. The lowest BCUT2D eigenvalue weighted by atomic mass is 10.1. The molecule has 1 aromatic heterocycles. The first-order valence-corrected chi connectivity index (χ1v) is 9.72. The summed E-state index contributed by atoms with van der Waals surface area (Å²) in [6, 6.07) is 12.7. The molecule has 1 saturated carbocycles. The maximum absolute atomic E-state index is 12.3. The van der Waals surface area contributed by atoms with Crippen LogP contribution in [-0.4, -0.2) is 33.5 Å². The van der Waals surface area contributed by atoms with Crippen molar-refractivity contribution >= 4 is 28.3 Å². The molecule has 8 heteroatoms. The van der Waals surface area contributed by atoms with Gasteiger partial charge in [-0.15, -0.1) is 0 Å². The molecule has 8 nitrogen and oxygen atoms in total. The zero-order valence-electron chi connectivity index (χ0n) is 16.5. The highest BCUT2D eigenvalue weighted by Gasteiger charge is 2.26. The average molecular weight is 393 g/mol. The van der Waals surface area contributed by atoms with Crippen LogP contribution in [0.25, 0.3) is 11.0 Å². The van der Waals surface area contributed by atoms with Gasteiger partial charge in [-0.25, -0.2) is 4.98 Å². The molecule has 0 saturated heterocycles. The first-order valence-electron chi connectivity index (χ1n) is 9.72. The number of nitro groups is 1. The summed E-state index contributed by atoms with van der Waals surface area (Å²) in [6.45, 7) is 3.22. The fourth-order valence-corrected chi connectivity index (χ4v) is 3.53. The Morgan fingerprint density at radius 3 is 2.76 bits per heavy atom. The van der Waals surface area contributed by atoms with Crippen molar-refractivity contribution in [3.05, 3.63) is 64.0 Å². The van der Waals surface area contributed by atoms with Crippen molar-refractivity contribution in [3.63, 3.8) is 0 Å². The molecule has 1 amide bonds. The van der Waals surface area contributed by atoms with Crippen molar-refractivity contribution < 1.29 is 9.72 Å². The monoisotopic (exact) mass is 393 g/mol. The third-order valence-electron chi connectivity index (χ3n) is 5.19. The van der Waals surface area contributed by atoms with Crippen LogP contribution in [0.4, 0.5) is 11.4 Å². The van der Waals surface area contributed by atoms with Gasteiger partial charge in [0.05, 0.1) is 22.5 Å². The number of hydrogen-bond acceptors (Lipinski definition) is 5. The molecular weight excluding hydrogens is 370 g/mol. The number of fused-ring (bicyclic) bond motifs is 1. The molecule has 0 atom stereocenters. The van der Waals surface area contributed by atoms with Gasteiger partial charge in [0.25, 0.3) is 11.6 Å². The minimum absolute atomic E-state index is 0.0879. The average Bonchev–Trinajstić information content (AvgIpc) is 3.46. The lowest BCUT2D eigenvalue weighted by molar-refractivity contribution is -0.384. The summed E-state index contributed by atoms with van der Waals surface area (Å²) in [5.41, 5.74) is 2.61. The van der Waals surface area contributed by atoms with E-state index in [1.165, 1.54) is 6.07 Å². The summed E-state index contributed by atoms with van der Waals surface area (Å²) in [5.74, 6) is 0.568. The second kappa shape index (κ2) is 7.54. The molecule has 0 radical (unpaired) electrons. The van der Waals surface area contributed by atoms with Crippen molar-refractivity contribution in [1.29, 1.82) is 0 Å². The molecule has 0 spiro atoms. The third-order valence-corrected chi connectivity index (χ3v) is 5.19.